The average Bonchev–Trinajstić information content (AvgIpc) is 3.25. The van der Waals surface area contributed by atoms with Gasteiger partial charge in [0.05, 0.1) is 13.2 Å². The summed E-state index contributed by atoms with van der Waals surface area (Å²) in [5.74, 6) is 2.26. The van der Waals surface area contributed by atoms with Gasteiger partial charge in [-0.05, 0) is 56.7 Å². The average molecular weight is 419 g/mol. The Hall–Kier alpha value is -1.83. The van der Waals surface area contributed by atoms with Crippen LogP contribution < -0.4 is 15.4 Å². The molecule has 168 valence electrons. The number of benzene rings is 1. The van der Waals surface area contributed by atoms with Gasteiger partial charge in [0.2, 0.25) is 0 Å². The van der Waals surface area contributed by atoms with E-state index in [1.165, 1.54) is 6.42 Å². The zero-order valence-electron chi connectivity index (χ0n) is 18.5. The van der Waals surface area contributed by atoms with Crippen LogP contribution in [0.25, 0.3) is 0 Å². The van der Waals surface area contributed by atoms with Gasteiger partial charge in [-0.2, -0.15) is 0 Å². The minimum Gasteiger partial charge on any atom is -0.491 e. The zero-order chi connectivity index (χ0) is 21.2. The molecule has 3 N–H and O–H groups in total. The van der Waals surface area contributed by atoms with E-state index >= 15 is 0 Å². The van der Waals surface area contributed by atoms with Crippen LogP contribution in [0.15, 0.2) is 29.3 Å². The second-order valence-corrected chi connectivity index (χ2v) is 8.45. The van der Waals surface area contributed by atoms with Crippen LogP contribution in [0.2, 0.25) is 0 Å². The number of rotatable bonds is 9. The second-order valence-electron chi connectivity index (χ2n) is 8.45. The van der Waals surface area contributed by atoms with Crippen LogP contribution in [0.1, 0.15) is 31.7 Å². The van der Waals surface area contributed by atoms with Gasteiger partial charge in [0, 0.05) is 38.8 Å². The fraction of sp³-hybridized carbons (Fsp3) is 0.696. The number of hydrogen-bond acceptors (Lipinski definition) is 5. The van der Waals surface area contributed by atoms with Gasteiger partial charge in [-0.15, -0.1) is 0 Å². The number of aryl methyl sites for hydroxylation is 1. The molecule has 0 amide bonds. The lowest BCUT2D eigenvalue weighted by molar-refractivity contribution is 0.114. The molecule has 2 aliphatic rings. The molecular formula is C23H38N4O3. The van der Waals surface area contributed by atoms with Gasteiger partial charge >= 0.3 is 0 Å². The van der Waals surface area contributed by atoms with E-state index in [1.807, 2.05) is 31.2 Å². The van der Waals surface area contributed by atoms with E-state index in [4.69, 9.17) is 9.47 Å². The van der Waals surface area contributed by atoms with Crippen molar-refractivity contribution in [3.05, 3.63) is 29.8 Å². The predicted octanol–water partition coefficient (Wildman–Crippen LogP) is 1.79. The lowest BCUT2D eigenvalue weighted by Gasteiger charge is -2.34. The summed E-state index contributed by atoms with van der Waals surface area (Å²) in [4.78, 5) is 7.14. The SMILES string of the molecule is CCNC(=NCC(O)COc1cccc(C)c1)NC1CCN(CC2CCOC2)CC1. The quantitative estimate of drug-likeness (QED) is 0.419. The third-order valence-corrected chi connectivity index (χ3v) is 5.71. The first-order valence-electron chi connectivity index (χ1n) is 11.3. The van der Waals surface area contributed by atoms with Crippen LogP contribution in [-0.2, 0) is 4.74 Å². The van der Waals surface area contributed by atoms with Crippen LogP contribution in [0, 0.1) is 12.8 Å². The van der Waals surface area contributed by atoms with Crippen molar-refractivity contribution < 1.29 is 14.6 Å². The molecule has 7 heteroatoms. The first-order valence-corrected chi connectivity index (χ1v) is 11.3. The van der Waals surface area contributed by atoms with Crippen LogP contribution >= 0.6 is 0 Å². The van der Waals surface area contributed by atoms with Crippen LogP contribution in [-0.4, -0.2) is 80.7 Å². The largest absolute Gasteiger partial charge is 0.491 e. The number of aliphatic imine (C=N–C) groups is 1. The monoisotopic (exact) mass is 418 g/mol. The zero-order valence-corrected chi connectivity index (χ0v) is 18.5. The van der Waals surface area contributed by atoms with Gasteiger partial charge in [0.25, 0.3) is 0 Å². The van der Waals surface area contributed by atoms with Crippen molar-refractivity contribution in [2.45, 2.75) is 45.3 Å². The number of aliphatic hydroxyl groups excluding tert-OH is 1. The molecule has 2 unspecified atom stereocenters. The van der Waals surface area contributed by atoms with Crippen molar-refractivity contribution in [2.24, 2.45) is 10.9 Å². The topological polar surface area (TPSA) is 78.4 Å². The maximum atomic E-state index is 10.3. The number of nitrogens with zero attached hydrogens (tertiary/aromatic N) is 2. The van der Waals surface area contributed by atoms with Gasteiger partial charge in [-0.25, -0.2) is 0 Å². The molecule has 0 radical (unpaired) electrons. The Labute approximate surface area is 180 Å². The number of guanidine groups is 1. The minimum absolute atomic E-state index is 0.232. The molecule has 0 spiro atoms. The summed E-state index contributed by atoms with van der Waals surface area (Å²) in [5.41, 5.74) is 1.14. The molecule has 0 bridgehead atoms. The highest BCUT2D eigenvalue weighted by molar-refractivity contribution is 5.80. The van der Waals surface area contributed by atoms with E-state index in [2.05, 4.69) is 27.4 Å². The van der Waals surface area contributed by atoms with E-state index in [9.17, 15) is 5.11 Å². The van der Waals surface area contributed by atoms with Crippen molar-refractivity contribution in [1.82, 2.24) is 15.5 Å². The molecule has 0 saturated carbocycles. The maximum Gasteiger partial charge on any atom is 0.191 e. The van der Waals surface area contributed by atoms with Crippen molar-refractivity contribution in [3.63, 3.8) is 0 Å². The fourth-order valence-corrected chi connectivity index (χ4v) is 4.01. The van der Waals surface area contributed by atoms with E-state index in [0.29, 0.717) is 18.5 Å². The van der Waals surface area contributed by atoms with Gasteiger partial charge < -0.3 is 30.1 Å². The van der Waals surface area contributed by atoms with Gasteiger partial charge in [0.1, 0.15) is 18.5 Å². The molecule has 2 saturated heterocycles. The Balaban J connectivity index is 1.39. The Bertz CT molecular complexity index is 656. The second kappa shape index (κ2) is 12.1. The summed E-state index contributed by atoms with van der Waals surface area (Å²) in [6.45, 7) is 10.6. The Morgan fingerprint density at radius 1 is 1.33 bits per heavy atom. The number of aliphatic hydroxyl groups is 1. The van der Waals surface area contributed by atoms with Gasteiger partial charge in [0.15, 0.2) is 5.96 Å². The van der Waals surface area contributed by atoms with Gasteiger partial charge in [-0.3, -0.25) is 4.99 Å². The first-order chi connectivity index (χ1) is 14.6. The summed E-state index contributed by atoms with van der Waals surface area (Å²) >= 11 is 0. The molecule has 1 aromatic carbocycles. The van der Waals surface area contributed by atoms with Gasteiger partial charge in [-0.1, -0.05) is 12.1 Å². The molecule has 3 rings (SSSR count). The molecule has 0 aromatic heterocycles. The minimum atomic E-state index is -0.642. The lowest BCUT2D eigenvalue weighted by atomic mass is 10.0. The summed E-state index contributed by atoms with van der Waals surface area (Å²) in [6.07, 6.45) is 2.77. The number of hydrogen-bond donors (Lipinski definition) is 3. The molecule has 2 heterocycles. The molecule has 2 aliphatic heterocycles. The van der Waals surface area contributed by atoms with Crippen molar-refractivity contribution in [2.75, 3.05) is 52.5 Å². The van der Waals surface area contributed by atoms with Crippen molar-refractivity contribution in [1.29, 1.82) is 0 Å². The molecule has 30 heavy (non-hydrogen) atoms. The lowest BCUT2D eigenvalue weighted by Crippen LogP contribution is -2.49. The molecule has 0 aliphatic carbocycles. The number of nitrogens with one attached hydrogen (secondary N) is 2. The van der Waals surface area contributed by atoms with Crippen LogP contribution in [0.4, 0.5) is 0 Å². The third kappa shape index (κ3) is 7.78. The fourth-order valence-electron chi connectivity index (χ4n) is 4.01. The van der Waals surface area contributed by atoms with Crippen molar-refractivity contribution >= 4 is 5.96 Å². The Morgan fingerprint density at radius 2 is 2.17 bits per heavy atom. The summed E-state index contributed by atoms with van der Waals surface area (Å²) < 4.78 is 11.2. The Morgan fingerprint density at radius 3 is 2.87 bits per heavy atom. The summed E-state index contributed by atoms with van der Waals surface area (Å²) in [6, 6.07) is 8.26. The highest BCUT2D eigenvalue weighted by Crippen LogP contribution is 2.17. The van der Waals surface area contributed by atoms with E-state index in [0.717, 1.165) is 69.5 Å². The summed E-state index contributed by atoms with van der Waals surface area (Å²) in [7, 11) is 0. The van der Waals surface area contributed by atoms with Crippen LogP contribution in [0.5, 0.6) is 5.75 Å². The van der Waals surface area contributed by atoms with Crippen LogP contribution in [0.3, 0.4) is 0 Å². The molecule has 2 atom stereocenters. The van der Waals surface area contributed by atoms with E-state index in [1.54, 1.807) is 0 Å². The highest BCUT2D eigenvalue weighted by Gasteiger charge is 2.24. The smallest absolute Gasteiger partial charge is 0.191 e. The molecule has 2 fully saturated rings. The molecule has 7 nitrogen and oxygen atoms in total. The third-order valence-electron chi connectivity index (χ3n) is 5.71. The highest BCUT2D eigenvalue weighted by atomic mass is 16.5. The van der Waals surface area contributed by atoms with E-state index < -0.39 is 6.10 Å². The van der Waals surface area contributed by atoms with Crippen molar-refractivity contribution in [3.8, 4) is 5.75 Å². The predicted molar refractivity (Wildman–Crippen MR) is 120 cm³/mol. The number of likely N-dealkylation sites (tertiary alicyclic amines) is 1. The number of piperidine rings is 1. The first kappa shape index (κ1) is 22.8. The normalized spacial score (nSPS) is 22.1. The maximum absolute atomic E-state index is 10.3. The molecule has 1 aromatic rings. The standard InChI is InChI=1S/C23H38N4O3/c1-3-24-23(25-14-21(28)17-30-22-6-4-5-18(2)13-22)26-20-7-10-27(11-8-20)15-19-9-12-29-16-19/h4-6,13,19-21,28H,3,7-12,14-17H2,1-2H3,(H2,24,25,26). The molecular weight excluding hydrogens is 380 g/mol. The van der Waals surface area contributed by atoms with E-state index in [-0.39, 0.29) is 6.61 Å². The Kier molecular flexibility index (Phi) is 9.24. The summed E-state index contributed by atoms with van der Waals surface area (Å²) in [5, 5.41) is 17.1. The number of ether oxygens (including phenoxy) is 2.